The summed E-state index contributed by atoms with van der Waals surface area (Å²) in [5.41, 5.74) is 6.75. The summed E-state index contributed by atoms with van der Waals surface area (Å²) in [5.74, 6) is 0.620. The summed E-state index contributed by atoms with van der Waals surface area (Å²) in [5, 5.41) is 9.25. The molecular weight excluding hydrogens is 404 g/mol. The maximum atomic E-state index is 11.3. The van der Waals surface area contributed by atoms with E-state index in [0.717, 1.165) is 28.2 Å². The first-order valence-electron chi connectivity index (χ1n) is 10.6. The molecule has 1 atom stereocenters. The van der Waals surface area contributed by atoms with Crippen LogP contribution in [0.3, 0.4) is 0 Å². The predicted octanol–water partition coefficient (Wildman–Crippen LogP) is 5.22. The number of rotatable bonds is 9. The number of carboxylic acids is 1. The van der Waals surface area contributed by atoms with Gasteiger partial charge in [-0.2, -0.15) is 0 Å². The topological polar surface area (TPSA) is 65.0 Å². The van der Waals surface area contributed by atoms with Crippen LogP contribution in [0.5, 0.6) is 11.5 Å². The molecule has 0 fully saturated rings. The van der Waals surface area contributed by atoms with Gasteiger partial charge in [0.15, 0.2) is 6.10 Å². The van der Waals surface area contributed by atoms with E-state index >= 15 is 0 Å². The minimum atomic E-state index is -0.950. The van der Waals surface area contributed by atoms with Crippen molar-refractivity contribution < 1.29 is 24.1 Å². The monoisotopic (exact) mass is 430 g/mol. The Hall–Kier alpha value is -3.57. The maximum Gasteiger partial charge on any atom is 0.333 e. The molecule has 0 radical (unpaired) electrons. The van der Waals surface area contributed by atoms with Gasteiger partial charge in [-0.15, -0.1) is 0 Å². The lowest BCUT2D eigenvalue weighted by Crippen LogP contribution is -2.26. The van der Waals surface area contributed by atoms with Crippen LogP contribution in [0, 0.1) is 0 Å². The van der Waals surface area contributed by atoms with E-state index in [1.165, 1.54) is 16.7 Å². The van der Waals surface area contributed by atoms with Gasteiger partial charge in [0.05, 0.1) is 7.11 Å². The highest BCUT2D eigenvalue weighted by Crippen LogP contribution is 2.45. The van der Waals surface area contributed by atoms with Crippen LogP contribution < -0.4 is 9.47 Å². The van der Waals surface area contributed by atoms with Gasteiger partial charge in [0.1, 0.15) is 18.1 Å². The summed E-state index contributed by atoms with van der Waals surface area (Å²) >= 11 is 0. The van der Waals surface area contributed by atoms with Gasteiger partial charge in [-0.1, -0.05) is 42.5 Å². The van der Waals surface area contributed by atoms with Crippen LogP contribution in [-0.4, -0.2) is 37.5 Å². The number of hydrogen-bond acceptors (Lipinski definition) is 4. The number of carboxylic acid groups (broad SMARTS) is 1. The molecule has 1 N–H and O–H groups in total. The lowest BCUT2D eigenvalue weighted by atomic mass is 10.0. The molecule has 1 aliphatic rings. The Morgan fingerprint density at radius 2 is 1.62 bits per heavy atom. The van der Waals surface area contributed by atoms with E-state index in [2.05, 4.69) is 30.3 Å². The minimum Gasteiger partial charge on any atom is -0.497 e. The highest BCUT2D eigenvalue weighted by molar-refractivity contribution is 6.01. The fraction of sp³-hybridized carbons (Fsp3) is 0.222. The van der Waals surface area contributed by atoms with Crippen LogP contribution >= 0.6 is 0 Å². The van der Waals surface area contributed by atoms with E-state index in [1.807, 2.05) is 42.5 Å². The zero-order chi connectivity index (χ0) is 22.5. The summed E-state index contributed by atoms with van der Waals surface area (Å²) in [6.07, 6.45) is 1.59. The average Bonchev–Trinajstić information content (AvgIpc) is 3.13. The Morgan fingerprint density at radius 3 is 2.31 bits per heavy atom. The van der Waals surface area contributed by atoms with Gasteiger partial charge >= 0.3 is 5.97 Å². The first-order chi connectivity index (χ1) is 15.6. The second kappa shape index (κ2) is 9.71. The van der Waals surface area contributed by atoms with Crippen molar-refractivity contribution in [1.82, 2.24) is 0 Å². The molecule has 0 heterocycles. The summed E-state index contributed by atoms with van der Waals surface area (Å²) in [6.45, 7) is 2.58. The minimum absolute atomic E-state index is 0.324. The Bertz CT molecular complexity index is 1130. The van der Waals surface area contributed by atoms with Gasteiger partial charge in [-0.3, -0.25) is 0 Å². The molecule has 1 unspecified atom stereocenters. The van der Waals surface area contributed by atoms with Crippen molar-refractivity contribution in [3.05, 3.63) is 89.5 Å². The first kappa shape index (κ1) is 21.7. The van der Waals surface area contributed by atoms with E-state index in [4.69, 9.17) is 14.2 Å². The number of carbonyl (C=O) groups is 1. The Morgan fingerprint density at radius 1 is 0.938 bits per heavy atom. The molecule has 0 spiro atoms. The molecule has 164 valence electrons. The quantitative estimate of drug-likeness (QED) is 0.394. The molecule has 5 heteroatoms. The largest absolute Gasteiger partial charge is 0.497 e. The molecule has 1 aliphatic carbocycles. The van der Waals surface area contributed by atoms with Crippen LogP contribution in [0.15, 0.2) is 72.8 Å². The number of hydrogen-bond donors (Lipinski definition) is 1. The fourth-order valence-electron chi connectivity index (χ4n) is 4.00. The Labute approximate surface area is 187 Å². The van der Waals surface area contributed by atoms with E-state index in [0.29, 0.717) is 19.6 Å². The van der Waals surface area contributed by atoms with Gasteiger partial charge in [0, 0.05) is 13.0 Å². The number of fused-ring (bicyclic) bond motifs is 3. The van der Waals surface area contributed by atoms with Crippen molar-refractivity contribution in [1.29, 1.82) is 0 Å². The number of benzene rings is 3. The molecule has 5 nitrogen and oxygen atoms in total. The van der Waals surface area contributed by atoms with Gasteiger partial charge in [0.25, 0.3) is 0 Å². The number of aliphatic carboxylic acids is 1. The molecule has 3 aromatic carbocycles. The van der Waals surface area contributed by atoms with Crippen LogP contribution in [-0.2, 0) is 16.0 Å². The molecule has 0 saturated heterocycles. The standard InChI is InChI=1S/C27H26O5/c1-3-31-26(27(28)29)16-18-8-10-19(11-9-18)32-15-14-24-21-6-4-5-7-22(21)25-17-20(30-2)12-13-23(24)25/h4-14,17,26H,3,15-16H2,1-2H3,(H,28,29). The van der Waals surface area contributed by atoms with Crippen LogP contribution in [0.25, 0.3) is 16.7 Å². The van der Waals surface area contributed by atoms with Gasteiger partial charge in [0.2, 0.25) is 0 Å². The summed E-state index contributed by atoms with van der Waals surface area (Å²) in [6, 6.07) is 22.0. The SMILES string of the molecule is CCOC(Cc1ccc(OCC=C2c3ccccc3-c3cc(OC)ccc32)cc1)C(=O)O. The van der Waals surface area contributed by atoms with Gasteiger partial charge in [-0.05, 0) is 70.7 Å². The maximum absolute atomic E-state index is 11.3. The van der Waals surface area contributed by atoms with Gasteiger partial charge < -0.3 is 19.3 Å². The number of methoxy groups -OCH3 is 1. The second-order valence-electron chi connectivity index (χ2n) is 7.52. The van der Waals surface area contributed by atoms with E-state index in [9.17, 15) is 9.90 Å². The fourth-order valence-corrected chi connectivity index (χ4v) is 4.00. The third kappa shape index (κ3) is 4.53. The summed E-state index contributed by atoms with van der Waals surface area (Å²) in [7, 11) is 1.68. The summed E-state index contributed by atoms with van der Waals surface area (Å²) < 4.78 is 16.6. The van der Waals surface area contributed by atoms with Crippen molar-refractivity contribution in [3.8, 4) is 22.6 Å². The van der Waals surface area contributed by atoms with E-state index in [1.54, 1.807) is 14.0 Å². The smallest absolute Gasteiger partial charge is 0.333 e. The van der Waals surface area contributed by atoms with Crippen molar-refractivity contribution in [2.45, 2.75) is 19.4 Å². The molecule has 4 rings (SSSR count). The summed E-state index contributed by atoms with van der Waals surface area (Å²) in [4.78, 5) is 11.3. The molecule has 0 aliphatic heterocycles. The van der Waals surface area contributed by atoms with Crippen molar-refractivity contribution in [2.24, 2.45) is 0 Å². The molecule has 0 saturated carbocycles. The molecule has 0 aromatic heterocycles. The Kier molecular flexibility index (Phi) is 6.57. The predicted molar refractivity (Wildman–Crippen MR) is 124 cm³/mol. The molecule has 32 heavy (non-hydrogen) atoms. The third-order valence-electron chi connectivity index (χ3n) is 5.55. The van der Waals surface area contributed by atoms with E-state index < -0.39 is 12.1 Å². The number of ether oxygens (including phenoxy) is 3. The zero-order valence-electron chi connectivity index (χ0n) is 18.2. The highest BCUT2D eigenvalue weighted by atomic mass is 16.5. The van der Waals surface area contributed by atoms with Crippen molar-refractivity contribution in [2.75, 3.05) is 20.3 Å². The molecular formula is C27H26O5. The lowest BCUT2D eigenvalue weighted by Gasteiger charge is -2.12. The first-order valence-corrected chi connectivity index (χ1v) is 10.6. The third-order valence-corrected chi connectivity index (χ3v) is 5.55. The molecule has 3 aromatic rings. The molecule has 0 amide bonds. The van der Waals surface area contributed by atoms with Crippen LogP contribution in [0.2, 0.25) is 0 Å². The average molecular weight is 431 g/mol. The normalized spacial score (nSPS) is 14.0. The molecule has 0 bridgehead atoms. The van der Waals surface area contributed by atoms with Crippen LogP contribution in [0.1, 0.15) is 23.6 Å². The van der Waals surface area contributed by atoms with Crippen molar-refractivity contribution >= 4 is 11.5 Å². The Balaban J connectivity index is 1.47. The van der Waals surface area contributed by atoms with E-state index in [-0.39, 0.29) is 0 Å². The van der Waals surface area contributed by atoms with Gasteiger partial charge in [-0.25, -0.2) is 4.79 Å². The van der Waals surface area contributed by atoms with Crippen molar-refractivity contribution in [3.63, 3.8) is 0 Å². The highest BCUT2D eigenvalue weighted by Gasteiger charge is 2.23. The van der Waals surface area contributed by atoms with Crippen LogP contribution in [0.4, 0.5) is 0 Å². The lowest BCUT2D eigenvalue weighted by molar-refractivity contribution is -0.149. The second-order valence-corrected chi connectivity index (χ2v) is 7.52. The zero-order valence-corrected chi connectivity index (χ0v) is 18.2.